The lowest BCUT2D eigenvalue weighted by molar-refractivity contribution is 0.106. The Morgan fingerprint density at radius 3 is 2.29 bits per heavy atom. The zero-order valence-corrected chi connectivity index (χ0v) is 14.0. The van der Waals surface area contributed by atoms with Crippen molar-refractivity contribution in [2.45, 2.75) is 40.5 Å². The average Bonchev–Trinajstić information content (AvgIpc) is 2.38. The van der Waals surface area contributed by atoms with Gasteiger partial charge in [-0.2, -0.15) is 0 Å². The van der Waals surface area contributed by atoms with Crippen molar-refractivity contribution in [2.75, 3.05) is 26.4 Å². The van der Waals surface area contributed by atoms with E-state index < -0.39 is 0 Å². The van der Waals surface area contributed by atoms with Crippen LogP contribution in [-0.4, -0.2) is 26.4 Å². The highest BCUT2D eigenvalue weighted by atomic mass is 16.5. The van der Waals surface area contributed by atoms with Gasteiger partial charge < -0.3 is 15.2 Å². The Balaban J connectivity index is 2.33. The molecular weight excluding hydrogens is 262 g/mol. The maximum Gasteiger partial charge on any atom is 0.119 e. The molecule has 0 saturated carbocycles. The molecule has 120 valence electrons. The number of hydrogen-bond donors (Lipinski definition) is 1. The molecule has 21 heavy (non-hydrogen) atoms. The Bertz CT molecular complexity index is 381. The second-order valence-electron chi connectivity index (χ2n) is 6.97. The van der Waals surface area contributed by atoms with E-state index >= 15 is 0 Å². The molecule has 0 radical (unpaired) electrons. The molecule has 1 atom stereocenters. The van der Waals surface area contributed by atoms with Gasteiger partial charge in [-0.3, -0.25) is 0 Å². The predicted octanol–water partition coefficient (Wildman–Crippen LogP) is 3.66. The van der Waals surface area contributed by atoms with Crippen molar-refractivity contribution in [3.8, 4) is 5.75 Å². The van der Waals surface area contributed by atoms with Crippen molar-refractivity contribution >= 4 is 0 Å². The van der Waals surface area contributed by atoms with Crippen molar-refractivity contribution in [3.05, 3.63) is 29.8 Å². The molecule has 2 N–H and O–H groups in total. The molecule has 0 saturated heterocycles. The second-order valence-corrected chi connectivity index (χ2v) is 6.97. The summed E-state index contributed by atoms with van der Waals surface area (Å²) in [5.41, 5.74) is 7.12. The van der Waals surface area contributed by atoms with Crippen LogP contribution in [0.1, 0.15) is 39.7 Å². The number of hydrogen-bond acceptors (Lipinski definition) is 3. The van der Waals surface area contributed by atoms with Gasteiger partial charge in [0.15, 0.2) is 0 Å². The average molecular weight is 293 g/mol. The van der Waals surface area contributed by atoms with Crippen molar-refractivity contribution in [1.82, 2.24) is 0 Å². The molecule has 0 bridgehead atoms. The summed E-state index contributed by atoms with van der Waals surface area (Å²) in [6.07, 6.45) is 2.36. The van der Waals surface area contributed by atoms with E-state index in [-0.39, 0.29) is 0 Å². The van der Waals surface area contributed by atoms with Gasteiger partial charge in [-0.15, -0.1) is 0 Å². The van der Waals surface area contributed by atoms with Crippen LogP contribution in [-0.2, 0) is 11.2 Å². The normalized spacial score (nSPS) is 13.2. The molecule has 0 aromatic heterocycles. The zero-order valence-electron chi connectivity index (χ0n) is 14.0. The lowest BCUT2D eigenvalue weighted by Crippen LogP contribution is -2.13. The van der Waals surface area contributed by atoms with E-state index in [2.05, 4.69) is 39.8 Å². The third-order valence-corrected chi connectivity index (χ3v) is 3.23. The molecule has 0 fully saturated rings. The summed E-state index contributed by atoms with van der Waals surface area (Å²) in [4.78, 5) is 0. The molecule has 0 aliphatic rings. The molecule has 0 amide bonds. The topological polar surface area (TPSA) is 44.5 Å². The van der Waals surface area contributed by atoms with Gasteiger partial charge in [-0.05, 0) is 41.9 Å². The van der Waals surface area contributed by atoms with Gasteiger partial charge in [0.05, 0.1) is 13.2 Å². The van der Waals surface area contributed by atoms with Gasteiger partial charge in [-0.25, -0.2) is 0 Å². The number of rotatable bonds is 9. The van der Waals surface area contributed by atoms with Crippen molar-refractivity contribution < 1.29 is 9.47 Å². The largest absolute Gasteiger partial charge is 0.491 e. The van der Waals surface area contributed by atoms with Gasteiger partial charge in [0.1, 0.15) is 12.4 Å². The minimum Gasteiger partial charge on any atom is -0.491 e. The molecule has 1 aromatic rings. The molecule has 0 spiro atoms. The van der Waals surface area contributed by atoms with Gasteiger partial charge in [0.25, 0.3) is 0 Å². The van der Waals surface area contributed by atoms with Crippen LogP contribution >= 0.6 is 0 Å². The lowest BCUT2D eigenvalue weighted by Gasteiger charge is -2.23. The third kappa shape index (κ3) is 8.74. The predicted molar refractivity (Wildman–Crippen MR) is 88.8 cm³/mol. The fourth-order valence-corrected chi connectivity index (χ4v) is 2.65. The van der Waals surface area contributed by atoms with Gasteiger partial charge in [0, 0.05) is 6.54 Å². The summed E-state index contributed by atoms with van der Waals surface area (Å²) in [7, 11) is 0. The van der Waals surface area contributed by atoms with Crippen molar-refractivity contribution in [1.29, 1.82) is 0 Å². The zero-order chi connectivity index (χ0) is 15.7. The Morgan fingerprint density at radius 1 is 1.05 bits per heavy atom. The molecular formula is C18H31NO2. The molecule has 3 heteroatoms. The first-order valence-electron chi connectivity index (χ1n) is 7.90. The molecule has 1 rings (SSSR count). The molecule has 1 unspecified atom stereocenters. The third-order valence-electron chi connectivity index (χ3n) is 3.23. The first-order valence-corrected chi connectivity index (χ1v) is 7.90. The SMILES string of the molecule is CC(Cc1ccc(OCCOCCN)cc1)CC(C)(C)C. The minimum absolute atomic E-state index is 0.395. The first kappa shape index (κ1) is 18.0. The van der Waals surface area contributed by atoms with Crippen LogP contribution in [0.25, 0.3) is 0 Å². The van der Waals surface area contributed by atoms with Crippen LogP contribution in [0.3, 0.4) is 0 Å². The monoisotopic (exact) mass is 293 g/mol. The smallest absolute Gasteiger partial charge is 0.119 e. The van der Waals surface area contributed by atoms with E-state index in [4.69, 9.17) is 15.2 Å². The highest BCUT2D eigenvalue weighted by Crippen LogP contribution is 2.26. The number of nitrogens with two attached hydrogens (primary N) is 1. The fraction of sp³-hybridized carbons (Fsp3) is 0.667. The van der Waals surface area contributed by atoms with Crippen LogP contribution in [0, 0.1) is 11.3 Å². The molecule has 3 nitrogen and oxygen atoms in total. The van der Waals surface area contributed by atoms with Gasteiger partial charge in [0.2, 0.25) is 0 Å². The Hall–Kier alpha value is -1.06. The van der Waals surface area contributed by atoms with Crippen LogP contribution in [0.2, 0.25) is 0 Å². The molecule has 1 aromatic carbocycles. The Labute approximate surface area is 129 Å². The Kier molecular flexibility index (Phi) is 7.76. The first-order chi connectivity index (χ1) is 9.90. The molecule has 0 heterocycles. The van der Waals surface area contributed by atoms with Crippen LogP contribution < -0.4 is 10.5 Å². The van der Waals surface area contributed by atoms with E-state index in [9.17, 15) is 0 Å². The standard InChI is InChI=1S/C18H31NO2/c1-15(14-18(2,3)4)13-16-5-7-17(8-6-16)21-12-11-20-10-9-19/h5-8,15H,9-14,19H2,1-4H3. The van der Waals surface area contributed by atoms with E-state index in [1.54, 1.807) is 0 Å². The summed E-state index contributed by atoms with van der Waals surface area (Å²) in [6.45, 7) is 11.5. The van der Waals surface area contributed by atoms with Crippen LogP contribution in [0.5, 0.6) is 5.75 Å². The van der Waals surface area contributed by atoms with Crippen LogP contribution in [0.4, 0.5) is 0 Å². The summed E-state index contributed by atoms with van der Waals surface area (Å²) in [5, 5.41) is 0. The molecule has 0 aliphatic heterocycles. The van der Waals surface area contributed by atoms with Gasteiger partial charge >= 0.3 is 0 Å². The maximum atomic E-state index is 5.63. The van der Waals surface area contributed by atoms with E-state index in [1.165, 1.54) is 12.0 Å². The van der Waals surface area contributed by atoms with Crippen LogP contribution in [0.15, 0.2) is 24.3 Å². The van der Waals surface area contributed by atoms with Crippen molar-refractivity contribution in [3.63, 3.8) is 0 Å². The number of ether oxygens (including phenoxy) is 2. The summed E-state index contributed by atoms with van der Waals surface area (Å²) >= 11 is 0. The number of benzene rings is 1. The summed E-state index contributed by atoms with van der Waals surface area (Å²) < 4.78 is 10.9. The quantitative estimate of drug-likeness (QED) is 0.707. The second kappa shape index (κ2) is 9.06. The van der Waals surface area contributed by atoms with E-state index in [0.717, 1.165) is 12.2 Å². The Morgan fingerprint density at radius 2 is 1.71 bits per heavy atom. The fourth-order valence-electron chi connectivity index (χ4n) is 2.65. The van der Waals surface area contributed by atoms with E-state index in [1.807, 2.05) is 12.1 Å². The maximum absolute atomic E-state index is 5.63. The lowest BCUT2D eigenvalue weighted by atomic mass is 9.83. The van der Waals surface area contributed by atoms with E-state index in [0.29, 0.717) is 37.7 Å². The summed E-state index contributed by atoms with van der Waals surface area (Å²) in [6, 6.07) is 8.41. The summed E-state index contributed by atoms with van der Waals surface area (Å²) in [5.74, 6) is 1.60. The molecule has 0 aliphatic carbocycles. The van der Waals surface area contributed by atoms with Gasteiger partial charge in [-0.1, -0.05) is 39.8 Å². The van der Waals surface area contributed by atoms with Crippen molar-refractivity contribution in [2.24, 2.45) is 17.1 Å². The highest BCUT2D eigenvalue weighted by molar-refractivity contribution is 5.27. The highest BCUT2D eigenvalue weighted by Gasteiger charge is 2.15. The minimum atomic E-state index is 0.395.